The molecule has 0 aliphatic carbocycles. The molecule has 174 valence electrons. The topological polar surface area (TPSA) is 94.2 Å². The van der Waals surface area contributed by atoms with E-state index in [-0.39, 0.29) is 17.3 Å². The number of benzene rings is 3. The predicted octanol–water partition coefficient (Wildman–Crippen LogP) is 4.07. The molecule has 1 amide bonds. The normalized spacial score (nSPS) is 10.9. The van der Waals surface area contributed by atoms with Crippen molar-refractivity contribution in [3.63, 3.8) is 0 Å². The molecular formula is C24H26N2O6S. The van der Waals surface area contributed by atoms with Crippen LogP contribution < -0.4 is 23.8 Å². The standard InChI is InChI=1S/C24H26N2O6S/c1-17(27)25-19-8-10-24(11-9-19)33(28,29)26(20-6-5-7-21(14-20)30-2)16-18-12-22(31-3)15-23(13-18)32-4/h5-15H,16H2,1-4H3,(H,25,27). The molecule has 0 aliphatic rings. The van der Waals surface area contributed by atoms with Crippen molar-refractivity contribution in [2.24, 2.45) is 0 Å². The number of carbonyl (C=O) groups excluding carboxylic acids is 1. The molecule has 0 aromatic heterocycles. The lowest BCUT2D eigenvalue weighted by atomic mass is 10.2. The van der Waals surface area contributed by atoms with E-state index in [0.717, 1.165) is 0 Å². The molecule has 0 spiro atoms. The zero-order valence-electron chi connectivity index (χ0n) is 18.9. The van der Waals surface area contributed by atoms with Crippen LogP contribution in [0.4, 0.5) is 11.4 Å². The van der Waals surface area contributed by atoms with E-state index < -0.39 is 10.0 Å². The lowest BCUT2D eigenvalue weighted by Gasteiger charge is -2.25. The molecule has 9 heteroatoms. The van der Waals surface area contributed by atoms with Crippen molar-refractivity contribution in [3.05, 3.63) is 72.3 Å². The first-order valence-corrected chi connectivity index (χ1v) is 11.5. The van der Waals surface area contributed by atoms with Crippen LogP contribution in [0.1, 0.15) is 12.5 Å². The van der Waals surface area contributed by atoms with Gasteiger partial charge in [0, 0.05) is 24.7 Å². The van der Waals surface area contributed by atoms with Gasteiger partial charge in [-0.05, 0) is 54.1 Å². The number of sulfonamides is 1. The summed E-state index contributed by atoms with van der Waals surface area (Å²) in [6.45, 7) is 1.41. The second kappa shape index (κ2) is 10.3. The third-order valence-electron chi connectivity index (χ3n) is 4.84. The smallest absolute Gasteiger partial charge is 0.264 e. The summed E-state index contributed by atoms with van der Waals surface area (Å²) in [4.78, 5) is 11.4. The second-order valence-electron chi connectivity index (χ2n) is 7.14. The highest BCUT2D eigenvalue weighted by Crippen LogP contribution is 2.31. The van der Waals surface area contributed by atoms with E-state index in [0.29, 0.717) is 34.2 Å². The number of nitrogens with one attached hydrogen (secondary N) is 1. The van der Waals surface area contributed by atoms with E-state index in [1.165, 1.54) is 44.7 Å². The van der Waals surface area contributed by atoms with Crippen LogP contribution in [0.15, 0.2) is 71.6 Å². The van der Waals surface area contributed by atoms with Crippen LogP contribution >= 0.6 is 0 Å². The van der Waals surface area contributed by atoms with Crippen LogP contribution in [0.5, 0.6) is 17.2 Å². The van der Waals surface area contributed by atoms with Crippen molar-refractivity contribution < 1.29 is 27.4 Å². The summed E-state index contributed by atoms with van der Waals surface area (Å²) in [6.07, 6.45) is 0. The average Bonchev–Trinajstić information content (AvgIpc) is 2.82. The van der Waals surface area contributed by atoms with Crippen molar-refractivity contribution in [1.82, 2.24) is 0 Å². The Morgan fingerprint density at radius 1 is 0.848 bits per heavy atom. The van der Waals surface area contributed by atoms with Gasteiger partial charge in [-0.1, -0.05) is 6.07 Å². The molecule has 0 heterocycles. The summed E-state index contributed by atoms with van der Waals surface area (Å²) in [5.41, 5.74) is 1.61. The molecule has 3 aromatic carbocycles. The second-order valence-corrected chi connectivity index (χ2v) is 9.00. The SMILES string of the molecule is COc1cc(CN(c2cccc(OC)c2)S(=O)(=O)c2ccc(NC(C)=O)cc2)cc(OC)c1. The van der Waals surface area contributed by atoms with Crippen molar-refractivity contribution >= 4 is 27.3 Å². The molecule has 0 fully saturated rings. The summed E-state index contributed by atoms with van der Waals surface area (Å²) < 4.78 is 44.7. The third-order valence-corrected chi connectivity index (χ3v) is 6.63. The Hall–Kier alpha value is -3.72. The minimum atomic E-state index is -3.98. The molecule has 3 rings (SSSR count). The zero-order valence-corrected chi connectivity index (χ0v) is 19.7. The molecule has 1 N–H and O–H groups in total. The van der Waals surface area contributed by atoms with Gasteiger partial charge < -0.3 is 19.5 Å². The van der Waals surface area contributed by atoms with Gasteiger partial charge in [0.25, 0.3) is 10.0 Å². The van der Waals surface area contributed by atoms with Crippen LogP contribution in [0, 0.1) is 0 Å². The molecule has 0 aliphatic heterocycles. The van der Waals surface area contributed by atoms with Gasteiger partial charge in [0.2, 0.25) is 5.91 Å². The maximum Gasteiger partial charge on any atom is 0.264 e. The van der Waals surface area contributed by atoms with Gasteiger partial charge in [-0.3, -0.25) is 9.10 Å². The van der Waals surface area contributed by atoms with Crippen molar-refractivity contribution in [2.75, 3.05) is 31.0 Å². The molecule has 0 atom stereocenters. The molecular weight excluding hydrogens is 444 g/mol. The number of rotatable bonds is 9. The fourth-order valence-corrected chi connectivity index (χ4v) is 4.69. The van der Waals surface area contributed by atoms with Crippen molar-refractivity contribution in [2.45, 2.75) is 18.4 Å². The fraction of sp³-hybridized carbons (Fsp3) is 0.208. The number of hydrogen-bond donors (Lipinski definition) is 1. The quantitative estimate of drug-likeness (QED) is 0.507. The van der Waals surface area contributed by atoms with E-state index in [1.54, 1.807) is 54.6 Å². The van der Waals surface area contributed by atoms with Gasteiger partial charge >= 0.3 is 0 Å². The van der Waals surface area contributed by atoms with Crippen LogP contribution in [0.2, 0.25) is 0 Å². The van der Waals surface area contributed by atoms with Crippen molar-refractivity contribution in [1.29, 1.82) is 0 Å². The molecule has 0 unspecified atom stereocenters. The van der Waals surface area contributed by atoms with Gasteiger partial charge in [0.1, 0.15) is 17.2 Å². The number of nitrogens with zero attached hydrogens (tertiary/aromatic N) is 1. The Morgan fingerprint density at radius 2 is 1.45 bits per heavy atom. The van der Waals surface area contributed by atoms with Gasteiger partial charge in [-0.15, -0.1) is 0 Å². The molecule has 8 nitrogen and oxygen atoms in total. The van der Waals surface area contributed by atoms with Gasteiger partial charge in [0.15, 0.2) is 0 Å². The van der Waals surface area contributed by atoms with Gasteiger partial charge in [-0.25, -0.2) is 8.42 Å². The molecule has 3 aromatic rings. The molecule has 0 saturated heterocycles. The number of carbonyl (C=O) groups is 1. The Balaban J connectivity index is 2.07. The highest BCUT2D eigenvalue weighted by molar-refractivity contribution is 7.92. The summed E-state index contributed by atoms with van der Waals surface area (Å²) >= 11 is 0. The fourth-order valence-electron chi connectivity index (χ4n) is 3.24. The van der Waals surface area contributed by atoms with Crippen molar-refractivity contribution in [3.8, 4) is 17.2 Å². The Labute approximate surface area is 193 Å². The Kier molecular flexibility index (Phi) is 7.44. The van der Waals surface area contributed by atoms with E-state index in [1.807, 2.05) is 0 Å². The number of methoxy groups -OCH3 is 3. The number of amides is 1. The summed E-state index contributed by atoms with van der Waals surface area (Å²) in [5.74, 6) is 1.38. The Bertz CT molecular complexity index is 1200. The molecule has 0 radical (unpaired) electrons. The molecule has 0 saturated carbocycles. The van der Waals surface area contributed by atoms with Gasteiger partial charge in [-0.2, -0.15) is 0 Å². The van der Waals surface area contributed by atoms with E-state index in [9.17, 15) is 13.2 Å². The zero-order chi connectivity index (χ0) is 24.0. The largest absolute Gasteiger partial charge is 0.497 e. The third kappa shape index (κ3) is 5.75. The highest BCUT2D eigenvalue weighted by Gasteiger charge is 2.26. The maximum absolute atomic E-state index is 13.7. The van der Waals surface area contributed by atoms with Crippen LogP contribution in [-0.2, 0) is 21.4 Å². The maximum atomic E-state index is 13.7. The predicted molar refractivity (Wildman–Crippen MR) is 127 cm³/mol. The van der Waals surface area contributed by atoms with E-state index in [2.05, 4.69) is 5.32 Å². The van der Waals surface area contributed by atoms with E-state index in [4.69, 9.17) is 14.2 Å². The first-order valence-electron chi connectivity index (χ1n) is 10.0. The summed E-state index contributed by atoms with van der Waals surface area (Å²) in [5, 5.41) is 2.63. The van der Waals surface area contributed by atoms with Crippen LogP contribution in [0.3, 0.4) is 0 Å². The van der Waals surface area contributed by atoms with Crippen LogP contribution in [-0.4, -0.2) is 35.7 Å². The molecule has 0 bridgehead atoms. The van der Waals surface area contributed by atoms with Gasteiger partial charge in [0.05, 0.1) is 38.5 Å². The van der Waals surface area contributed by atoms with Crippen LogP contribution in [0.25, 0.3) is 0 Å². The monoisotopic (exact) mass is 470 g/mol. The highest BCUT2D eigenvalue weighted by atomic mass is 32.2. The lowest BCUT2D eigenvalue weighted by molar-refractivity contribution is -0.114. The lowest BCUT2D eigenvalue weighted by Crippen LogP contribution is -2.30. The molecule has 33 heavy (non-hydrogen) atoms. The minimum absolute atomic E-state index is 0.0243. The summed E-state index contributed by atoms with van der Waals surface area (Å²) in [7, 11) is 0.608. The minimum Gasteiger partial charge on any atom is -0.497 e. The number of ether oxygens (including phenoxy) is 3. The average molecular weight is 471 g/mol. The Morgan fingerprint density at radius 3 is 2.00 bits per heavy atom. The number of hydrogen-bond acceptors (Lipinski definition) is 6. The number of anilines is 2. The first-order chi connectivity index (χ1) is 15.8. The first kappa shape index (κ1) is 23.9. The summed E-state index contributed by atoms with van der Waals surface area (Å²) in [6, 6.07) is 18.1. The van der Waals surface area contributed by atoms with E-state index >= 15 is 0 Å².